The summed E-state index contributed by atoms with van der Waals surface area (Å²) >= 11 is 0. The lowest BCUT2D eigenvalue weighted by molar-refractivity contribution is 0.0690. The second-order valence-corrected chi connectivity index (χ2v) is 2.79. The van der Waals surface area contributed by atoms with Gasteiger partial charge < -0.3 is 10.2 Å². The molecule has 0 saturated carbocycles. The summed E-state index contributed by atoms with van der Waals surface area (Å²) in [7, 11) is 0. The fraction of sp³-hybridized carbons (Fsp3) is 0.0909. The molecule has 0 aliphatic heterocycles. The lowest BCUT2D eigenvalue weighted by Crippen LogP contribution is -2.27. The van der Waals surface area contributed by atoms with E-state index in [0.717, 1.165) is 5.22 Å². The molecule has 0 atom stereocenters. The van der Waals surface area contributed by atoms with Gasteiger partial charge in [0, 0.05) is 6.20 Å². The van der Waals surface area contributed by atoms with Crippen molar-refractivity contribution in [2.75, 3.05) is 6.61 Å². The third kappa shape index (κ3) is 2.75. The van der Waals surface area contributed by atoms with Crippen molar-refractivity contribution >= 4 is 18.1 Å². The first-order chi connectivity index (χ1) is 7.19. The minimum absolute atomic E-state index is 0.0455. The molecular formula is C11H11NO3. The lowest BCUT2D eigenvalue weighted by atomic mass is 10.2. The molecule has 0 unspecified atom stereocenters. The van der Waals surface area contributed by atoms with E-state index in [1.54, 1.807) is 12.2 Å². The van der Waals surface area contributed by atoms with Crippen LogP contribution in [0, 0.1) is 0 Å². The standard InChI is InChI=1S/C11H11NO3/c1-2-3-9-7-12-10(11(14)15)6-8(9)4-5-13/h2-4,6-7,13H,1,5H2,(H,14,15)/b8-4-,9-3-. The normalized spacial score (nSPS) is 12.9. The van der Waals surface area contributed by atoms with Crippen LogP contribution in [-0.4, -0.2) is 27.8 Å². The molecule has 0 radical (unpaired) electrons. The van der Waals surface area contributed by atoms with E-state index >= 15 is 0 Å². The number of hydrogen-bond acceptors (Lipinski definition) is 3. The molecule has 1 rings (SSSR count). The predicted octanol–water partition coefficient (Wildman–Crippen LogP) is -0.481. The Kier molecular flexibility index (Phi) is 3.76. The Morgan fingerprint density at radius 1 is 1.53 bits per heavy atom. The Labute approximate surface area is 86.5 Å². The number of nitrogens with zero attached hydrogens (tertiary/aromatic N) is 1. The molecular weight excluding hydrogens is 194 g/mol. The summed E-state index contributed by atoms with van der Waals surface area (Å²) < 4.78 is 0. The van der Waals surface area contributed by atoms with Crippen LogP contribution >= 0.6 is 0 Å². The van der Waals surface area contributed by atoms with E-state index in [4.69, 9.17) is 10.2 Å². The van der Waals surface area contributed by atoms with E-state index in [1.165, 1.54) is 18.3 Å². The van der Waals surface area contributed by atoms with E-state index in [2.05, 4.69) is 11.6 Å². The van der Waals surface area contributed by atoms with Gasteiger partial charge in [0.1, 0.15) is 5.69 Å². The topological polar surface area (TPSA) is 70.4 Å². The van der Waals surface area contributed by atoms with Gasteiger partial charge in [-0.1, -0.05) is 24.8 Å². The molecule has 0 amide bonds. The van der Waals surface area contributed by atoms with Gasteiger partial charge in [0.25, 0.3) is 0 Å². The summed E-state index contributed by atoms with van der Waals surface area (Å²) in [6, 6.07) is 1.41. The highest BCUT2D eigenvalue weighted by Gasteiger charge is 2.02. The van der Waals surface area contributed by atoms with Crippen molar-refractivity contribution in [1.82, 2.24) is 4.98 Å². The van der Waals surface area contributed by atoms with Crippen molar-refractivity contribution < 1.29 is 15.0 Å². The highest BCUT2D eigenvalue weighted by molar-refractivity contribution is 5.85. The maximum atomic E-state index is 10.7. The van der Waals surface area contributed by atoms with Crippen LogP contribution in [0.1, 0.15) is 10.5 Å². The van der Waals surface area contributed by atoms with Crippen molar-refractivity contribution in [2.45, 2.75) is 0 Å². The molecule has 1 aromatic heterocycles. The summed E-state index contributed by atoms with van der Waals surface area (Å²) in [6.07, 6.45) is 6.22. The van der Waals surface area contributed by atoms with Crippen molar-refractivity contribution in [3.63, 3.8) is 0 Å². The molecule has 1 aromatic rings. The van der Waals surface area contributed by atoms with E-state index in [9.17, 15) is 4.79 Å². The molecule has 0 aliphatic carbocycles. The van der Waals surface area contributed by atoms with Gasteiger partial charge in [-0.2, -0.15) is 0 Å². The summed E-state index contributed by atoms with van der Waals surface area (Å²) in [5, 5.41) is 18.9. The summed E-state index contributed by atoms with van der Waals surface area (Å²) in [6.45, 7) is 3.39. The number of allylic oxidation sites excluding steroid dienone is 1. The number of carboxylic acid groups (broad SMARTS) is 1. The molecule has 78 valence electrons. The van der Waals surface area contributed by atoms with Crippen LogP contribution in [-0.2, 0) is 0 Å². The molecule has 15 heavy (non-hydrogen) atoms. The first kappa shape index (κ1) is 11.1. The lowest BCUT2D eigenvalue weighted by Gasteiger charge is -1.94. The first-order valence-corrected chi connectivity index (χ1v) is 4.32. The van der Waals surface area contributed by atoms with Crippen molar-refractivity contribution in [3.8, 4) is 0 Å². The van der Waals surface area contributed by atoms with E-state index in [0.29, 0.717) is 5.22 Å². The quantitative estimate of drug-likeness (QED) is 0.699. The van der Waals surface area contributed by atoms with Crippen molar-refractivity contribution in [2.24, 2.45) is 0 Å². The monoisotopic (exact) mass is 205 g/mol. The predicted molar refractivity (Wildman–Crippen MR) is 56.7 cm³/mol. The zero-order valence-corrected chi connectivity index (χ0v) is 8.05. The van der Waals surface area contributed by atoms with Gasteiger partial charge in [0.15, 0.2) is 0 Å². The fourth-order valence-corrected chi connectivity index (χ4v) is 1.14. The van der Waals surface area contributed by atoms with Crippen LogP contribution in [0.5, 0.6) is 0 Å². The highest BCUT2D eigenvalue weighted by atomic mass is 16.4. The van der Waals surface area contributed by atoms with E-state index in [-0.39, 0.29) is 12.3 Å². The molecule has 0 aliphatic rings. The van der Waals surface area contributed by atoms with Crippen LogP contribution in [0.4, 0.5) is 0 Å². The number of aliphatic hydroxyl groups is 1. The second-order valence-electron chi connectivity index (χ2n) is 2.79. The van der Waals surface area contributed by atoms with Gasteiger partial charge >= 0.3 is 5.97 Å². The molecule has 0 fully saturated rings. The number of aromatic nitrogens is 1. The zero-order chi connectivity index (χ0) is 11.3. The summed E-state index contributed by atoms with van der Waals surface area (Å²) in [5.74, 6) is -1.09. The number of hydrogen-bond donors (Lipinski definition) is 2. The van der Waals surface area contributed by atoms with Gasteiger partial charge in [-0.3, -0.25) is 0 Å². The molecule has 4 nitrogen and oxygen atoms in total. The summed E-state index contributed by atoms with van der Waals surface area (Å²) in [5.41, 5.74) is -0.0455. The van der Waals surface area contributed by atoms with Gasteiger partial charge in [-0.25, -0.2) is 9.78 Å². The maximum Gasteiger partial charge on any atom is 0.354 e. The molecule has 0 bridgehead atoms. The Morgan fingerprint density at radius 2 is 2.27 bits per heavy atom. The number of pyridine rings is 1. The molecule has 2 N–H and O–H groups in total. The zero-order valence-electron chi connectivity index (χ0n) is 8.05. The highest BCUT2D eigenvalue weighted by Crippen LogP contribution is 1.85. The van der Waals surface area contributed by atoms with Crippen LogP contribution in [0.3, 0.4) is 0 Å². The first-order valence-electron chi connectivity index (χ1n) is 4.32. The molecule has 4 heteroatoms. The van der Waals surface area contributed by atoms with Gasteiger partial charge in [0.2, 0.25) is 0 Å². The Hall–Kier alpha value is -1.94. The third-order valence-corrected chi connectivity index (χ3v) is 1.80. The van der Waals surface area contributed by atoms with Crippen LogP contribution < -0.4 is 10.4 Å². The van der Waals surface area contributed by atoms with E-state index in [1.807, 2.05) is 0 Å². The Balaban J connectivity index is 3.47. The van der Waals surface area contributed by atoms with Crippen LogP contribution in [0.25, 0.3) is 12.2 Å². The average molecular weight is 205 g/mol. The second kappa shape index (κ2) is 5.07. The summed E-state index contributed by atoms with van der Waals surface area (Å²) in [4.78, 5) is 14.4. The Bertz CT molecular complexity index is 491. The molecule has 1 heterocycles. The van der Waals surface area contributed by atoms with Gasteiger partial charge in [-0.15, -0.1) is 0 Å². The van der Waals surface area contributed by atoms with Crippen molar-refractivity contribution in [3.05, 3.63) is 41.0 Å². The smallest absolute Gasteiger partial charge is 0.354 e. The number of aromatic carboxylic acids is 1. The number of carbonyl (C=O) groups is 1. The van der Waals surface area contributed by atoms with Gasteiger partial charge in [-0.05, 0) is 16.5 Å². The Morgan fingerprint density at radius 3 is 2.80 bits per heavy atom. The third-order valence-electron chi connectivity index (χ3n) is 1.80. The maximum absolute atomic E-state index is 10.7. The largest absolute Gasteiger partial charge is 0.477 e. The molecule has 0 saturated heterocycles. The van der Waals surface area contributed by atoms with Crippen LogP contribution in [0.2, 0.25) is 0 Å². The van der Waals surface area contributed by atoms with Gasteiger partial charge in [0.05, 0.1) is 6.61 Å². The average Bonchev–Trinajstić information content (AvgIpc) is 2.21. The SMILES string of the molecule is C=C/C=c1/cnc(C(=O)O)c/c1=C/CO. The number of rotatable bonds is 3. The minimum Gasteiger partial charge on any atom is -0.477 e. The van der Waals surface area contributed by atoms with Crippen LogP contribution in [0.15, 0.2) is 24.9 Å². The number of aliphatic hydroxyl groups excluding tert-OH is 1. The van der Waals surface area contributed by atoms with E-state index < -0.39 is 5.97 Å². The number of carboxylic acids is 1. The van der Waals surface area contributed by atoms with Crippen molar-refractivity contribution in [1.29, 1.82) is 0 Å². The fourth-order valence-electron chi connectivity index (χ4n) is 1.14. The minimum atomic E-state index is -1.09. The molecule has 0 aromatic carbocycles. The molecule has 0 spiro atoms.